The maximum atomic E-state index is 5.69. The minimum atomic E-state index is -4.05. The fraction of sp³-hybridized carbons (Fsp3) is 0.108. The second-order valence-corrected chi connectivity index (χ2v) is 21.2. The molecule has 0 bridgehead atoms. The molecular weight excluding hydrogens is 492 g/mol. The van der Waals surface area contributed by atoms with E-state index in [4.69, 9.17) is 4.82 Å². The molecule has 0 aromatic heterocycles. The SMILES string of the molecule is [CH2]=[Ti]([CH2]c1ccccc1)([CH2]c1ccccc1)([CH]1C=Cc2ccccc21)[CH]1c2ccccc2-c2ccccc21. The normalized spacial score (nSPS) is 16.2. The Bertz CT molecular complexity index is 1630. The maximum absolute atomic E-state index is 5.69. The van der Waals surface area contributed by atoms with Gasteiger partial charge in [0.05, 0.1) is 0 Å². The van der Waals surface area contributed by atoms with E-state index in [1.807, 2.05) is 0 Å². The van der Waals surface area contributed by atoms with Gasteiger partial charge < -0.3 is 0 Å². The predicted molar refractivity (Wildman–Crippen MR) is 159 cm³/mol. The van der Waals surface area contributed by atoms with Crippen molar-refractivity contribution in [3.63, 3.8) is 0 Å². The summed E-state index contributed by atoms with van der Waals surface area (Å²) in [5.74, 6) is 0. The van der Waals surface area contributed by atoms with Crippen LogP contribution in [0.2, 0.25) is 0 Å². The van der Waals surface area contributed by atoms with E-state index < -0.39 is 14.8 Å². The third-order valence-corrected chi connectivity index (χ3v) is 20.2. The number of fused-ring (bicyclic) bond motifs is 4. The van der Waals surface area contributed by atoms with Crippen molar-refractivity contribution in [2.24, 2.45) is 0 Å². The topological polar surface area (TPSA) is 0 Å². The summed E-state index contributed by atoms with van der Waals surface area (Å²) < 4.78 is 2.72. The summed E-state index contributed by atoms with van der Waals surface area (Å²) in [5.41, 5.74) is 11.4. The van der Waals surface area contributed by atoms with E-state index in [1.54, 1.807) is 0 Å². The van der Waals surface area contributed by atoms with E-state index in [0.717, 1.165) is 9.45 Å². The number of rotatable bonds is 6. The van der Waals surface area contributed by atoms with Gasteiger partial charge in [0, 0.05) is 0 Å². The zero-order valence-corrected chi connectivity index (χ0v) is 23.2. The molecule has 184 valence electrons. The van der Waals surface area contributed by atoms with Crippen molar-refractivity contribution in [2.45, 2.75) is 17.9 Å². The second-order valence-electron chi connectivity index (χ2n) is 11.5. The molecule has 0 radical (unpaired) electrons. The first-order valence-corrected chi connectivity index (χ1v) is 18.8. The van der Waals surface area contributed by atoms with E-state index in [1.165, 1.54) is 44.5 Å². The van der Waals surface area contributed by atoms with Crippen molar-refractivity contribution < 1.29 is 14.8 Å². The molecule has 0 heterocycles. The summed E-state index contributed by atoms with van der Waals surface area (Å²) >= 11 is -4.05. The Kier molecular flexibility index (Phi) is 5.58. The van der Waals surface area contributed by atoms with Crippen molar-refractivity contribution in [1.29, 1.82) is 0 Å². The van der Waals surface area contributed by atoms with Crippen LogP contribution in [0.3, 0.4) is 0 Å². The zero-order chi connectivity index (χ0) is 25.6. The Morgan fingerprint density at radius 1 is 0.500 bits per heavy atom. The molecule has 0 aliphatic heterocycles. The molecule has 0 fully saturated rings. The second kappa shape index (κ2) is 9.02. The van der Waals surface area contributed by atoms with E-state index >= 15 is 0 Å². The Morgan fingerprint density at radius 2 is 0.947 bits per heavy atom. The molecule has 1 atom stereocenters. The average molecular weight is 525 g/mol. The molecule has 0 amide bonds. The van der Waals surface area contributed by atoms with E-state index in [0.29, 0.717) is 8.45 Å². The summed E-state index contributed by atoms with van der Waals surface area (Å²) in [6.07, 6.45) is 4.90. The van der Waals surface area contributed by atoms with Gasteiger partial charge in [-0.1, -0.05) is 0 Å². The van der Waals surface area contributed by atoms with Gasteiger partial charge in [-0.2, -0.15) is 0 Å². The molecule has 7 rings (SSSR count). The van der Waals surface area contributed by atoms with Crippen LogP contribution in [0.5, 0.6) is 0 Å². The van der Waals surface area contributed by atoms with Crippen LogP contribution in [0, 0.1) is 0 Å². The summed E-state index contributed by atoms with van der Waals surface area (Å²) in [6.45, 7) is 0. The van der Waals surface area contributed by atoms with Crippen LogP contribution in [0.4, 0.5) is 0 Å². The minimum absolute atomic E-state index is 0.306. The van der Waals surface area contributed by atoms with Crippen LogP contribution in [-0.4, -0.2) is 4.82 Å². The molecule has 5 aromatic rings. The van der Waals surface area contributed by atoms with Crippen molar-refractivity contribution in [2.75, 3.05) is 0 Å². The van der Waals surface area contributed by atoms with Gasteiger partial charge in [-0.25, -0.2) is 0 Å². The molecule has 38 heavy (non-hydrogen) atoms. The first-order valence-electron chi connectivity index (χ1n) is 13.7. The molecule has 5 aromatic carbocycles. The number of hydrogen-bond acceptors (Lipinski definition) is 0. The number of allylic oxidation sites excluding steroid dienone is 1. The molecule has 2 aliphatic carbocycles. The molecule has 0 saturated carbocycles. The van der Waals surface area contributed by atoms with Gasteiger partial charge in [-0.05, 0) is 0 Å². The molecule has 0 saturated heterocycles. The molecule has 0 spiro atoms. The average Bonchev–Trinajstić information content (AvgIpc) is 3.55. The Morgan fingerprint density at radius 3 is 1.50 bits per heavy atom. The van der Waals surface area contributed by atoms with Crippen molar-refractivity contribution in [3.05, 3.63) is 173 Å². The van der Waals surface area contributed by atoms with Crippen LogP contribution in [0.1, 0.15) is 41.8 Å². The van der Waals surface area contributed by atoms with Gasteiger partial charge in [0.25, 0.3) is 0 Å². The molecule has 1 unspecified atom stereocenters. The first kappa shape index (κ1) is 23.5. The Labute approximate surface area is 226 Å². The summed E-state index contributed by atoms with van der Waals surface area (Å²) in [5, 5.41) is 0. The third-order valence-electron chi connectivity index (χ3n) is 9.25. The molecule has 1 heteroatoms. The standard InChI is InChI=1S/C13H9.C9H7.2C7H7.CH2.Ti/c1-3-7-12-10(5-1)9-11-6-2-4-8-13(11)12;1-2-5-9-7-3-6-8(9)4-1;2*1-7-5-3-2-4-6-7;;/h1-9H;1-7H;2*2-6H,1H2;1H2;. The monoisotopic (exact) mass is 524 g/mol. The van der Waals surface area contributed by atoms with E-state index in [-0.39, 0.29) is 0 Å². The van der Waals surface area contributed by atoms with Gasteiger partial charge in [0.15, 0.2) is 0 Å². The summed E-state index contributed by atoms with van der Waals surface area (Å²) in [4.78, 5) is 5.69. The molecule has 2 aliphatic rings. The van der Waals surface area contributed by atoms with Crippen LogP contribution in [0.25, 0.3) is 17.2 Å². The molecule has 0 N–H and O–H groups in total. The van der Waals surface area contributed by atoms with Gasteiger partial charge in [0.2, 0.25) is 0 Å². The van der Waals surface area contributed by atoms with Crippen LogP contribution >= 0.6 is 0 Å². The van der Waals surface area contributed by atoms with Crippen molar-refractivity contribution in [3.8, 4) is 11.1 Å². The van der Waals surface area contributed by atoms with Gasteiger partial charge in [-0.15, -0.1) is 0 Å². The zero-order valence-electron chi connectivity index (χ0n) is 21.6. The van der Waals surface area contributed by atoms with Gasteiger partial charge in [-0.3, -0.25) is 0 Å². The third kappa shape index (κ3) is 3.59. The Hall–Kier alpha value is -3.58. The van der Waals surface area contributed by atoms with Crippen LogP contribution in [-0.2, 0) is 24.3 Å². The fourth-order valence-electron chi connectivity index (χ4n) is 7.83. The fourth-order valence-corrected chi connectivity index (χ4v) is 20.0. The molecule has 0 nitrogen and oxygen atoms in total. The van der Waals surface area contributed by atoms with E-state index in [9.17, 15) is 0 Å². The quantitative estimate of drug-likeness (QED) is 0.194. The Balaban J connectivity index is 1.59. The number of benzene rings is 5. The van der Waals surface area contributed by atoms with Crippen LogP contribution in [0.15, 0.2) is 140 Å². The first-order chi connectivity index (χ1) is 18.6. The van der Waals surface area contributed by atoms with Gasteiger partial charge >= 0.3 is 228 Å². The van der Waals surface area contributed by atoms with Crippen molar-refractivity contribution >= 4 is 10.9 Å². The van der Waals surface area contributed by atoms with Crippen LogP contribution < -0.4 is 0 Å². The predicted octanol–water partition coefficient (Wildman–Crippen LogP) is 9.05. The van der Waals surface area contributed by atoms with E-state index in [2.05, 4.69) is 146 Å². The summed E-state index contributed by atoms with van der Waals surface area (Å²) in [7, 11) is 0. The number of hydrogen-bond donors (Lipinski definition) is 0. The summed E-state index contributed by atoms with van der Waals surface area (Å²) in [6, 6.07) is 49.7. The molecular formula is C37H32Ti. The van der Waals surface area contributed by atoms with Crippen molar-refractivity contribution in [1.82, 2.24) is 0 Å². The van der Waals surface area contributed by atoms with Gasteiger partial charge in [0.1, 0.15) is 0 Å².